The van der Waals surface area contributed by atoms with Gasteiger partial charge in [0.2, 0.25) is 17.6 Å². The zero-order valence-corrected chi connectivity index (χ0v) is 18.4. The number of rotatable bonds is 7. The number of Topliss-reactive ketones (excluding diaryl/α,β-unsaturated/α-hetero) is 1. The number of esters is 1. The van der Waals surface area contributed by atoms with Crippen LogP contribution in [-0.2, 0) is 25.5 Å². The van der Waals surface area contributed by atoms with Crippen molar-refractivity contribution in [3.05, 3.63) is 59.7 Å². The van der Waals surface area contributed by atoms with E-state index in [-0.39, 0.29) is 24.0 Å². The highest BCUT2D eigenvalue weighted by atomic mass is 16.5. The van der Waals surface area contributed by atoms with Crippen LogP contribution in [0.15, 0.2) is 48.5 Å². The number of benzene rings is 2. The number of carbonyl (C=O) groups excluding carboxylic acids is 4. The summed E-state index contributed by atoms with van der Waals surface area (Å²) in [6, 6.07) is 13.3. The van der Waals surface area contributed by atoms with Gasteiger partial charge >= 0.3 is 5.97 Å². The maximum atomic E-state index is 12.6. The molecule has 31 heavy (non-hydrogen) atoms. The summed E-state index contributed by atoms with van der Waals surface area (Å²) >= 11 is 0. The summed E-state index contributed by atoms with van der Waals surface area (Å²) in [6.07, 6.45) is -0.934. The van der Waals surface area contributed by atoms with Crippen molar-refractivity contribution >= 4 is 34.9 Å². The number of nitrogens with one attached hydrogen (secondary N) is 2. The highest BCUT2D eigenvalue weighted by Gasteiger charge is 2.22. The van der Waals surface area contributed by atoms with Crippen LogP contribution < -0.4 is 10.6 Å². The lowest BCUT2D eigenvalue weighted by Crippen LogP contribution is -2.27. The number of ether oxygens (including phenoxy) is 1. The minimum atomic E-state index is -0.943. The SMILES string of the molecule is CC(=O)Nc1ccc(CC(=O)O[C@H](C)C(=O)c2ccc(NC(=O)C(C)(C)C)cc2)cc1. The highest BCUT2D eigenvalue weighted by molar-refractivity contribution is 6.01. The van der Waals surface area contributed by atoms with Crippen LogP contribution in [0.4, 0.5) is 11.4 Å². The van der Waals surface area contributed by atoms with Crippen molar-refractivity contribution in [3.63, 3.8) is 0 Å². The Morgan fingerprint density at radius 2 is 1.39 bits per heavy atom. The van der Waals surface area contributed by atoms with Crippen molar-refractivity contribution in [2.45, 2.75) is 47.1 Å². The molecule has 164 valence electrons. The van der Waals surface area contributed by atoms with E-state index < -0.39 is 17.5 Å². The quantitative estimate of drug-likeness (QED) is 0.517. The first-order chi connectivity index (χ1) is 14.5. The van der Waals surface area contributed by atoms with Crippen molar-refractivity contribution < 1.29 is 23.9 Å². The van der Waals surface area contributed by atoms with Gasteiger partial charge in [0.1, 0.15) is 0 Å². The fourth-order valence-corrected chi connectivity index (χ4v) is 2.64. The van der Waals surface area contributed by atoms with Crippen molar-refractivity contribution in [1.82, 2.24) is 0 Å². The number of amides is 2. The lowest BCUT2D eigenvalue weighted by atomic mass is 9.95. The van der Waals surface area contributed by atoms with Crippen LogP contribution >= 0.6 is 0 Å². The minimum absolute atomic E-state index is 0.00967. The zero-order valence-electron chi connectivity index (χ0n) is 18.4. The Balaban J connectivity index is 1.91. The third-order valence-electron chi connectivity index (χ3n) is 4.41. The van der Waals surface area contributed by atoms with E-state index in [2.05, 4.69) is 10.6 Å². The molecule has 0 aliphatic rings. The van der Waals surface area contributed by atoms with E-state index in [1.807, 2.05) is 20.8 Å². The molecule has 0 fully saturated rings. The first-order valence-electron chi connectivity index (χ1n) is 9.97. The second-order valence-corrected chi connectivity index (χ2v) is 8.33. The molecule has 0 spiro atoms. The molecule has 1 atom stereocenters. The Morgan fingerprint density at radius 1 is 0.871 bits per heavy atom. The van der Waals surface area contributed by atoms with Gasteiger partial charge in [-0.05, 0) is 48.9 Å². The van der Waals surface area contributed by atoms with Gasteiger partial charge in [0.15, 0.2) is 6.10 Å². The molecule has 0 unspecified atom stereocenters. The standard InChI is InChI=1S/C24H28N2O5/c1-15(31-21(28)14-17-6-10-19(11-7-17)25-16(2)27)22(29)18-8-12-20(13-9-18)26-23(30)24(3,4)5/h6-13,15H,14H2,1-5H3,(H,25,27)(H,26,30)/t15-/m1/s1. The van der Waals surface area contributed by atoms with Gasteiger partial charge in [0.05, 0.1) is 6.42 Å². The second kappa shape index (κ2) is 10.0. The van der Waals surface area contributed by atoms with Gasteiger partial charge in [0, 0.05) is 29.3 Å². The molecule has 0 aliphatic heterocycles. The largest absolute Gasteiger partial charge is 0.454 e. The van der Waals surface area contributed by atoms with Gasteiger partial charge in [0.25, 0.3) is 0 Å². The number of hydrogen-bond acceptors (Lipinski definition) is 5. The molecular formula is C24H28N2O5. The number of hydrogen-bond donors (Lipinski definition) is 2. The van der Waals surface area contributed by atoms with Gasteiger partial charge in [-0.1, -0.05) is 32.9 Å². The van der Waals surface area contributed by atoms with Crippen LogP contribution in [0.3, 0.4) is 0 Å². The predicted molar refractivity (Wildman–Crippen MR) is 119 cm³/mol. The van der Waals surface area contributed by atoms with Crippen LogP contribution in [0.25, 0.3) is 0 Å². The summed E-state index contributed by atoms with van der Waals surface area (Å²) in [5.74, 6) is -1.16. The molecule has 0 heterocycles. The maximum absolute atomic E-state index is 12.6. The molecule has 2 aromatic rings. The van der Waals surface area contributed by atoms with Gasteiger partial charge in [-0.15, -0.1) is 0 Å². The average molecular weight is 424 g/mol. The van der Waals surface area contributed by atoms with Gasteiger partial charge in [-0.25, -0.2) is 0 Å². The van der Waals surface area contributed by atoms with Gasteiger partial charge in [-0.2, -0.15) is 0 Å². The first-order valence-corrected chi connectivity index (χ1v) is 9.97. The van der Waals surface area contributed by atoms with Crippen LogP contribution in [0, 0.1) is 5.41 Å². The van der Waals surface area contributed by atoms with Crippen molar-refractivity contribution in [2.24, 2.45) is 5.41 Å². The van der Waals surface area contributed by atoms with Gasteiger partial charge < -0.3 is 15.4 Å². The molecule has 7 heteroatoms. The van der Waals surface area contributed by atoms with E-state index >= 15 is 0 Å². The molecule has 0 radical (unpaired) electrons. The minimum Gasteiger partial charge on any atom is -0.454 e. The third-order valence-corrected chi connectivity index (χ3v) is 4.41. The molecule has 2 N–H and O–H groups in total. The summed E-state index contributed by atoms with van der Waals surface area (Å²) in [5, 5.41) is 5.44. The third kappa shape index (κ3) is 7.37. The lowest BCUT2D eigenvalue weighted by Gasteiger charge is -2.18. The summed E-state index contributed by atoms with van der Waals surface area (Å²) in [7, 11) is 0. The zero-order chi connectivity index (χ0) is 23.2. The van der Waals surface area contributed by atoms with E-state index in [1.54, 1.807) is 48.5 Å². The maximum Gasteiger partial charge on any atom is 0.310 e. The van der Waals surface area contributed by atoms with Crippen LogP contribution in [0.1, 0.15) is 50.5 Å². The van der Waals surface area contributed by atoms with Crippen LogP contribution in [0.5, 0.6) is 0 Å². The summed E-state index contributed by atoms with van der Waals surface area (Å²) in [4.78, 5) is 47.9. The Kier molecular flexibility index (Phi) is 7.69. The fourth-order valence-electron chi connectivity index (χ4n) is 2.64. The molecule has 2 amide bonds. The van der Waals surface area contributed by atoms with Crippen molar-refractivity contribution in [2.75, 3.05) is 10.6 Å². The van der Waals surface area contributed by atoms with Crippen molar-refractivity contribution in [1.29, 1.82) is 0 Å². The monoisotopic (exact) mass is 424 g/mol. The normalized spacial score (nSPS) is 11.9. The molecule has 2 rings (SSSR count). The molecule has 7 nitrogen and oxygen atoms in total. The predicted octanol–water partition coefficient (Wildman–Crippen LogP) is 3.99. The van der Waals surface area contributed by atoms with Crippen LogP contribution in [0.2, 0.25) is 0 Å². The van der Waals surface area contributed by atoms with E-state index in [4.69, 9.17) is 4.74 Å². The molecule has 0 bridgehead atoms. The lowest BCUT2D eigenvalue weighted by molar-refractivity contribution is -0.145. The smallest absolute Gasteiger partial charge is 0.310 e. The van der Waals surface area contributed by atoms with E-state index in [0.29, 0.717) is 22.5 Å². The number of carbonyl (C=O) groups is 4. The molecule has 0 aliphatic carbocycles. The Morgan fingerprint density at radius 3 is 1.90 bits per heavy atom. The molecule has 0 saturated carbocycles. The Bertz CT molecular complexity index is 957. The summed E-state index contributed by atoms with van der Waals surface area (Å²) in [5.41, 5.74) is 1.78. The fraction of sp³-hybridized carbons (Fsp3) is 0.333. The topological polar surface area (TPSA) is 102 Å². The second-order valence-electron chi connectivity index (χ2n) is 8.33. The Labute approximate surface area is 182 Å². The van der Waals surface area contributed by atoms with E-state index in [1.165, 1.54) is 13.8 Å². The van der Waals surface area contributed by atoms with E-state index in [9.17, 15) is 19.2 Å². The average Bonchev–Trinajstić information content (AvgIpc) is 2.68. The molecule has 2 aromatic carbocycles. The number of anilines is 2. The van der Waals surface area contributed by atoms with Crippen molar-refractivity contribution in [3.8, 4) is 0 Å². The van der Waals surface area contributed by atoms with Gasteiger partial charge in [-0.3, -0.25) is 19.2 Å². The summed E-state index contributed by atoms with van der Waals surface area (Å²) in [6.45, 7) is 8.38. The Hall–Kier alpha value is -3.48. The highest BCUT2D eigenvalue weighted by Crippen LogP contribution is 2.18. The molecule has 0 aromatic heterocycles. The molecule has 0 saturated heterocycles. The molecular weight excluding hydrogens is 396 g/mol. The van der Waals surface area contributed by atoms with Crippen LogP contribution in [-0.4, -0.2) is 29.7 Å². The summed E-state index contributed by atoms with van der Waals surface area (Å²) < 4.78 is 5.28. The number of ketones is 1. The first kappa shape index (κ1) is 23.8. The van der Waals surface area contributed by atoms with E-state index in [0.717, 1.165) is 0 Å².